The highest BCUT2D eigenvalue weighted by Gasteiger charge is 2.17. The van der Waals surface area contributed by atoms with E-state index in [9.17, 15) is 4.79 Å². The molecule has 8 heteroatoms. The predicted molar refractivity (Wildman–Crippen MR) is 93.8 cm³/mol. The van der Waals surface area contributed by atoms with E-state index in [4.69, 9.17) is 4.42 Å². The number of hydrogen-bond acceptors (Lipinski definition) is 6. The number of anilines is 1. The van der Waals surface area contributed by atoms with Crippen LogP contribution in [-0.4, -0.2) is 30.4 Å². The number of imidazole rings is 1. The summed E-state index contributed by atoms with van der Waals surface area (Å²) in [6.45, 7) is 1.93. The molecule has 0 aliphatic heterocycles. The summed E-state index contributed by atoms with van der Waals surface area (Å²) in [5, 5.41) is 2.63. The summed E-state index contributed by atoms with van der Waals surface area (Å²) in [7, 11) is 0. The molecule has 4 heterocycles. The van der Waals surface area contributed by atoms with E-state index < -0.39 is 5.91 Å². The lowest BCUT2D eigenvalue weighted by molar-refractivity contribution is 0.101. The van der Waals surface area contributed by atoms with Crippen LogP contribution in [0, 0.1) is 6.92 Å². The largest absolute Gasteiger partial charge is 0.431 e. The molecule has 4 aromatic heterocycles. The van der Waals surface area contributed by atoms with Crippen molar-refractivity contribution in [1.29, 1.82) is 0 Å². The van der Waals surface area contributed by atoms with Crippen molar-refractivity contribution >= 4 is 11.9 Å². The first-order chi connectivity index (χ1) is 12.7. The minimum absolute atomic E-state index is 0.0869. The zero-order valence-electron chi connectivity index (χ0n) is 13.8. The topological polar surface area (TPSA) is 98.7 Å². The summed E-state index contributed by atoms with van der Waals surface area (Å²) in [4.78, 5) is 29.4. The summed E-state index contributed by atoms with van der Waals surface area (Å²) in [5.41, 5.74) is 2.54. The molecular formula is C18H14N6O2. The van der Waals surface area contributed by atoms with Gasteiger partial charge in [0, 0.05) is 12.4 Å². The van der Waals surface area contributed by atoms with Crippen LogP contribution in [0.15, 0.2) is 65.9 Å². The third-order valence-corrected chi connectivity index (χ3v) is 3.74. The number of pyridine rings is 2. The van der Waals surface area contributed by atoms with E-state index >= 15 is 0 Å². The van der Waals surface area contributed by atoms with E-state index in [0.29, 0.717) is 22.9 Å². The van der Waals surface area contributed by atoms with Crippen molar-refractivity contribution in [2.45, 2.75) is 6.92 Å². The Morgan fingerprint density at radius 1 is 1.15 bits per heavy atom. The van der Waals surface area contributed by atoms with Gasteiger partial charge >= 0.3 is 6.01 Å². The van der Waals surface area contributed by atoms with Crippen molar-refractivity contribution in [1.82, 2.24) is 24.5 Å². The van der Waals surface area contributed by atoms with Crippen molar-refractivity contribution in [3.63, 3.8) is 0 Å². The number of rotatable bonds is 4. The summed E-state index contributed by atoms with van der Waals surface area (Å²) in [6, 6.07) is 9.28. The number of amides is 1. The molecular weight excluding hydrogens is 332 g/mol. The van der Waals surface area contributed by atoms with Crippen LogP contribution in [-0.2, 0) is 0 Å². The van der Waals surface area contributed by atoms with Gasteiger partial charge in [0.1, 0.15) is 29.8 Å². The molecule has 0 fully saturated rings. The number of carbonyl (C=O) groups excluding carboxylic acids is 1. The van der Waals surface area contributed by atoms with E-state index in [1.165, 1.54) is 18.8 Å². The standard InChI is InChI=1S/C18H14N6O2/c1-12-5-4-8-21-16(12)13-10-26-18(22-13)23-17(25)14-9-19-11-24(14)15-6-2-3-7-20-15/h2-11H,1H3,(H,22,23,25). The van der Waals surface area contributed by atoms with Crippen molar-refractivity contribution in [3.8, 4) is 17.2 Å². The van der Waals surface area contributed by atoms with Gasteiger partial charge in [0.05, 0.1) is 11.9 Å². The molecule has 0 aromatic carbocycles. The zero-order valence-corrected chi connectivity index (χ0v) is 13.8. The second-order valence-electron chi connectivity index (χ2n) is 5.50. The third kappa shape index (κ3) is 2.95. The number of aromatic nitrogens is 5. The van der Waals surface area contributed by atoms with Crippen LogP contribution in [0.5, 0.6) is 0 Å². The van der Waals surface area contributed by atoms with Gasteiger partial charge in [-0.15, -0.1) is 0 Å². The molecule has 0 saturated carbocycles. The minimum atomic E-state index is -0.403. The molecule has 0 aliphatic carbocycles. The molecule has 8 nitrogen and oxygen atoms in total. The minimum Gasteiger partial charge on any atom is -0.431 e. The maximum Gasteiger partial charge on any atom is 0.302 e. The Bertz CT molecular complexity index is 1050. The summed E-state index contributed by atoms with van der Waals surface area (Å²) in [6.07, 6.45) is 7.76. The van der Waals surface area contributed by atoms with Gasteiger partial charge in [-0.3, -0.25) is 19.7 Å². The predicted octanol–water partition coefficient (Wildman–Crippen LogP) is 2.88. The van der Waals surface area contributed by atoms with E-state index in [0.717, 1.165) is 5.56 Å². The second kappa shape index (κ2) is 6.60. The Labute approximate surface area is 148 Å². The van der Waals surface area contributed by atoms with Gasteiger partial charge in [-0.25, -0.2) is 9.97 Å². The van der Waals surface area contributed by atoms with E-state index in [1.54, 1.807) is 29.1 Å². The first kappa shape index (κ1) is 15.7. The van der Waals surface area contributed by atoms with Gasteiger partial charge in [-0.05, 0) is 30.7 Å². The molecule has 0 aliphatic rings. The Hall–Kier alpha value is -3.81. The molecule has 0 spiro atoms. The first-order valence-electron chi connectivity index (χ1n) is 7.85. The fourth-order valence-corrected chi connectivity index (χ4v) is 2.50. The van der Waals surface area contributed by atoms with Crippen molar-refractivity contribution in [2.75, 3.05) is 5.32 Å². The lowest BCUT2D eigenvalue weighted by Gasteiger charge is -2.05. The Morgan fingerprint density at radius 2 is 2.04 bits per heavy atom. The monoisotopic (exact) mass is 346 g/mol. The lowest BCUT2D eigenvalue weighted by Crippen LogP contribution is -2.16. The second-order valence-corrected chi connectivity index (χ2v) is 5.50. The fraction of sp³-hybridized carbons (Fsp3) is 0.0556. The van der Waals surface area contributed by atoms with Crippen molar-refractivity contribution < 1.29 is 9.21 Å². The van der Waals surface area contributed by atoms with Gasteiger partial charge in [-0.2, -0.15) is 4.98 Å². The van der Waals surface area contributed by atoms with Gasteiger partial charge in [0.15, 0.2) is 0 Å². The molecule has 26 heavy (non-hydrogen) atoms. The van der Waals surface area contributed by atoms with Crippen molar-refractivity contribution in [2.24, 2.45) is 0 Å². The van der Waals surface area contributed by atoms with Gasteiger partial charge in [0.25, 0.3) is 5.91 Å². The molecule has 128 valence electrons. The average molecular weight is 346 g/mol. The van der Waals surface area contributed by atoms with Crippen LogP contribution in [0.25, 0.3) is 17.2 Å². The maximum atomic E-state index is 12.6. The van der Waals surface area contributed by atoms with Crippen LogP contribution in [0.2, 0.25) is 0 Å². The average Bonchev–Trinajstić information content (AvgIpc) is 3.32. The number of aryl methyl sites for hydroxylation is 1. The Kier molecular flexibility index (Phi) is 3.98. The number of hydrogen-bond donors (Lipinski definition) is 1. The fourth-order valence-electron chi connectivity index (χ4n) is 2.50. The van der Waals surface area contributed by atoms with E-state index in [2.05, 4.69) is 25.3 Å². The quantitative estimate of drug-likeness (QED) is 0.610. The smallest absolute Gasteiger partial charge is 0.302 e. The molecule has 0 radical (unpaired) electrons. The molecule has 0 bridgehead atoms. The third-order valence-electron chi connectivity index (χ3n) is 3.74. The van der Waals surface area contributed by atoms with E-state index in [-0.39, 0.29) is 6.01 Å². The molecule has 4 aromatic rings. The SMILES string of the molecule is Cc1cccnc1-c1coc(NC(=O)c2cncn2-c2ccccn2)n1. The number of nitrogens with zero attached hydrogens (tertiary/aromatic N) is 5. The van der Waals surface area contributed by atoms with Crippen LogP contribution in [0.3, 0.4) is 0 Å². The molecule has 0 saturated heterocycles. The van der Waals surface area contributed by atoms with Crippen molar-refractivity contribution in [3.05, 3.63) is 72.8 Å². The number of oxazole rings is 1. The molecule has 4 rings (SSSR count). The van der Waals surface area contributed by atoms with Gasteiger partial charge in [-0.1, -0.05) is 12.1 Å². The van der Waals surface area contributed by atoms with Crippen LogP contribution in [0.1, 0.15) is 16.1 Å². The Balaban J connectivity index is 1.57. The van der Waals surface area contributed by atoms with Crippen LogP contribution < -0.4 is 5.32 Å². The first-order valence-corrected chi connectivity index (χ1v) is 7.85. The molecule has 1 amide bonds. The van der Waals surface area contributed by atoms with E-state index in [1.807, 2.05) is 25.1 Å². The molecule has 1 N–H and O–H groups in total. The number of carbonyl (C=O) groups is 1. The molecule has 0 atom stereocenters. The van der Waals surface area contributed by atoms with Gasteiger partial charge in [0.2, 0.25) is 0 Å². The summed E-state index contributed by atoms with van der Waals surface area (Å²) >= 11 is 0. The molecule has 0 unspecified atom stereocenters. The highest BCUT2D eigenvalue weighted by Crippen LogP contribution is 2.22. The Morgan fingerprint density at radius 3 is 2.85 bits per heavy atom. The van der Waals surface area contributed by atoms with Crippen LogP contribution in [0.4, 0.5) is 6.01 Å². The lowest BCUT2D eigenvalue weighted by atomic mass is 10.2. The number of nitrogens with one attached hydrogen (secondary N) is 1. The summed E-state index contributed by atoms with van der Waals surface area (Å²) in [5.74, 6) is 0.187. The van der Waals surface area contributed by atoms with Gasteiger partial charge < -0.3 is 4.42 Å². The maximum absolute atomic E-state index is 12.6. The summed E-state index contributed by atoms with van der Waals surface area (Å²) < 4.78 is 6.95. The highest BCUT2D eigenvalue weighted by atomic mass is 16.4. The normalized spacial score (nSPS) is 10.7. The highest BCUT2D eigenvalue weighted by molar-refractivity contribution is 6.02. The van der Waals surface area contributed by atoms with Crippen LogP contribution >= 0.6 is 0 Å². The zero-order chi connectivity index (χ0) is 17.9.